The lowest BCUT2D eigenvalue weighted by molar-refractivity contribution is -0.103. The Morgan fingerprint density at radius 1 is 1.55 bits per heavy atom. The van der Waals surface area contributed by atoms with E-state index in [4.69, 9.17) is 0 Å². The minimum absolute atomic E-state index is 0.575. The molecule has 0 aromatic carbocycles. The second kappa shape index (κ2) is 3.02. The highest BCUT2D eigenvalue weighted by Crippen LogP contribution is 2.05. The van der Waals surface area contributed by atoms with Gasteiger partial charge in [0.2, 0.25) is 0 Å². The van der Waals surface area contributed by atoms with E-state index < -0.39 is 0 Å². The fraction of sp³-hybridized carbons (Fsp3) is 0.250. The smallest absolute Gasteiger partial charge is 0.193 e. The molecule has 3 nitrogen and oxygen atoms in total. The van der Waals surface area contributed by atoms with Gasteiger partial charge in [0.05, 0.1) is 11.3 Å². The second-order valence-electron chi connectivity index (χ2n) is 2.20. The minimum atomic E-state index is 0.575. The van der Waals surface area contributed by atoms with Crippen molar-refractivity contribution in [2.75, 3.05) is 0 Å². The molecule has 0 amide bonds. The molecule has 0 aliphatic heterocycles. The molecule has 0 saturated heterocycles. The summed E-state index contributed by atoms with van der Waals surface area (Å²) in [6.45, 7) is 3.72. The van der Waals surface area contributed by atoms with Crippen molar-refractivity contribution >= 4 is 6.29 Å². The molecule has 0 fully saturated rings. The Morgan fingerprint density at radius 3 is 2.73 bits per heavy atom. The van der Waals surface area contributed by atoms with Crippen LogP contribution in [-0.2, 0) is 4.79 Å². The third kappa shape index (κ3) is 1.47. The van der Waals surface area contributed by atoms with E-state index >= 15 is 0 Å². The van der Waals surface area contributed by atoms with Gasteiger partial charge in [0.1, 0.15) is 0 Å². The van der Waals surface area contributed by atoms with Crippen LogP contribution in [0.1, 0.15) is 17.0 Å². The number of aromatic amines is 1. The molecule has 1 heterocycles. The summed E-state index contributed by atoms with van der Waals surface area (Å²) < 4.78 is 0. The molecule has 0 saturated carbocycles. The zero-order valence-corrected chi connectivity index (χ0v) is 6.43. The highest BCUT2D eigenvalue weighted by Gasteiger charge is 2.00. The van der Waals surface area contributed by atoms with Crippen LogP contribution < -0.4 is 0 Å². The maximum Gasteiger partial charge on any atom is 0.193 e. The summed E-state index contributed by atoms with van der Waals surface area (Å²) in [6, 6.07) is 0. The van der Waals surface area contributed by atoms with Gasteiger partial charge in [0, 0.05) is 5.69 Å². The van der Waals surface area contributed by atoms with Crippen LogP contribution >= 0.6 is 0 Å². The van der Waals surface area contributed by atoms with Crippen molar-refractivity contribution < 1.29 is 4.79 Å². The standard InChI is InChI=1S/C8H8N2O/c1-6-8(4-3-5-11)7(2)10-9-6/h5H,1-2H3,(H,9,10). The summed E-state index contributed by atoms with van der Waals surface area (Å²) >= 11 is 0. The summed E-state index contributed by atoms with van der Waals surface area (Å²) in [6.07, 6.45) is 0.575. The first kappa shape index (κ1) is 7.55. The number of carbonyl (C=O) groups excluding carboxylic acids is 1. The molecule has 56 valence electrons. The van der Waals surface area contributed by atoms with E-state index in [1.165, 1.54) is 0 Å². The van der Waals surface area contributed by atoms with E-state index in [0.717, 1.165) is 17.0 Å². The number of aromatic nitrogens is 2. The van der Waals surface area contributed by atoms with Gasteiger partial charge >= 0.3 is 0 Å². The zero-order chi connectivity index (χ0) is 8.27. The monoisotopic (exact) mass is 148 g/mol. The third-order valence-corrected chi connectivity index (χ3v) is 1.38. The third-order valence-electron chi connectivity index (χ3n) is 1.38. The van der Waals surface area contributed by atoms with Gasteiger partial charge in [-0.3, -0.25) is 9.89 Å². The minimum Gasteiger partial charge on any atom is -0.289 e. The van der Waals surface area contributed by atoms with Gasteiger partial charge in [0.25, 0.3) is 0 Å². The van der Waals surface area contributed by atoms with Gasteiger partial charge in [-0.1, -0.05) is 5.92 Å². The molecule has 0 atom stereocenters. The van der Waals surface area contributed by atoms with Crippen molar-refractivity contribution in [1.82, 2.24) is 10.2 Å². The van der Waals surface area contributed by atoms with E-state index in [9.17, 15) is 4.79 Å². The molecule has 11 heavy (non-hydrogen) atoms. The van der Waals surface area contributed by atoms with Crippen molar-refractivity contribution in [1.29, 1.82) is 0 Å². The number of rotatable bonds is 0. The molecule has 0 spiro atoms. The number of nitrogens with one attached hydrogen (secondary N) is 1. The van der Waals surface area contributed by atoms with Crippen LogP contribution in [-0.4, -0.2) is 16.5 Å². The summed E-state index contributed by atoms with van der Waals surface area (Å²) in [5.41, 5.74) is 2.55. The molecule has 1 aromatic heterocycles. The van der Waals surface area contributed by atoms with Crippen LogP contribution in [0.2, 0.25) is 0 Å². The Labute approximate surface area is 64.8 Å². The normalized spacial score (nSPS) is 8.55. The topological polar surface area (TPSA) is 45.8 Å². The molecule has 1 N–H and O–H groups in total. The molecule has 0 radical (unpaired) electrons. The first-order valence-corrected chi connectivity index (χ1v) is 3.22. The van der Waals surface area contributed by atoms with Crippen molar-refractivity contribution in [3.63, 3.8) is 0 Å². The number of hydrogen-bond donors (Lipinski definition) is 1. The van der Waals surface area contributed by atoms with E-state index in [0.29, 0.717) is 6.29 Å². The maximum atomic E-state index is 9.92. The highest BCUT2D eigenvalue weighted by molar-refractivity contribution is 5.74. The Hall–Kier alpha value is -1.56. The van der Waals surface area contributed by atoms with Crippen LogP contribution in [0.3, 0.4) is 0 Å². The zero-order valence-electron chi connectivity index (χ0n) is 6.43. The average molecular weight is 148 g/mol. The Bertz CT molecular complexity index is 308. The van der Waals surface area contributed by atoms with Gasteiger partial charge < -0.3 is 0 Å². The van der Waals surface area contributed by atoms with Crippen LogP contribution in [0, 0.1) is 25.7 Å². The van der Waals surface area contributed by atoms with Crippen LogP contribution in [0.25, 0.3) is 0 Å². The fourth-order valence-electron chi connectivity index (χ4n) is 0.837. The van der Waals surface area contributed by atoms with E-state index in [1.807, 2.05) is 13.8 Å². The fourth-order valence-corrected chi connectivity index (χ4v) is 0.837. The van der Waals surface area contributed by atoms with E-state index in [-0.39, 0.29) is 0 Å². The van der Waals surface area contributed by atoms with Gasteiger partial charge in [-0.2, -0.15) is 5.10 Å². The summed E-state index contributed by atoms with van der Waals surface area (Å²) in [4.78, 5) is 9.92. The molecule has 0 aliphatic carbocycles. The quantitative estimate of drug-likeness (QED) is 0.432. The van der Waals surface area contributed by atoms with Crippen molar-refractivity contribution in [3.8, 4) is 11.8 Å². The Morgan fingerprint density at radius 2 is 2.27 bits per heavy atom. The van der Waals surface area contributed by atoms with E-state index in [2.05, 4.69) is 22.0 Å². The first-order valence-electron chi connectivity index (χ1n) is 3.22. The predicted molar refractivity (Wildman–Crippen MR) is 41.0 cm³/mol. The maximum absolute atomic E-state index is 9.92. The number of H-pyrrole nitrogens is 1. The van der Waals surface area contributed by atoms with Crippen LogP contribution in [0.15, 0.2) is 0 Å². The van der Waals surface area contributed by atoms with Crippen molar-refractivity contribution in [3.05, 3.63) is 17.0 Å². The molecular formula is C8H8N2O. The molecule has 0 unspecified atom stereocenters. The lowest BCUT2D eigenvalue weighted by Crippen LogP contribution is -1.78. The number of aryl methyl sites for hydroxylation is 2. The number of carbonyl (C=O) groups is 1. The molecule has 0 bridgehead atoms. The van der Waals surface area contributed by atoms with Crippen LogP contribution in [0.4, 0.5) is 0 Å². The molecule has 3 heteroatoms. The van der Waals surface area contributed by atoms with Gasteiger partial charge in [0.15, 0.2) is 6.29 Å². The first-order chi connectivity index (χ1) is 5.25. The lowest BCUT2D eigenvalue weighted by atomic mass is 10.2. The molecule has 1 rings (SSSR count). The Balaban J connectivity index is 3.10. The van der Waals surface area contributed by atoms with Gasteiger partial charge in [-0.15, -0.1) is 0 Å². The largest absolute Gasteiger partial charge is 0.289 e. The van der Waals surface area contributed by atoms with Gasteiger partial charge in [-0.05, 0) is 19.8 Å². The second-order valence-corrected chi connectivity index (χ2v) is 2.20. The van der Waals surface area contributed by atoms with Gasteiger partial charge in [-0.25, -0.2) is 0 Å². The van der Waals surface area contributed by atoms with Crippen molar-refractivity contribution in [2.45, 2.75) is 13.8 Å². The lowest BCUT2D eigenvalue weighted by Gasteiger charge is -1.84. The number of aldehydes is 1. The van der Waals surface area contributed by atoms with E-state index in [1.54, 1.807) is 0 Å². The summed E-state index contributed by atoms with van der Waals surface area (Å²) in [5, 5.41) is 6.70. The molecule has 0 aliphatic rings. The molecule has 1 aromatic rings. The predicted octanol–water partition coefficient (Wildman–Crippen LogP) is 0.577. The summed E-state index contributed by atoms with van der Waals surface area (Å²) in [5.74, 6) is 5.04. The van der Waals surface area contributed by atoms with Crippen LogP contribution in [0.5, 0.6) is 0 Å². The summed E-state index contributed by atoms with van der Waals surface area (Å²) in [7, 11) is 0. The SMILES string of the molecule is Cc1n[nH]c(C)c1C#CC=O. The Kier molecular flexibility index (Phi) is 2.07. The number of nitrogens with zero attached hydrogens (tertiary/aromatic N) is 1. The average Bonchev–Trinajstić information content (AvgIpc) is 2.29. The van der Waals surface area contributed by atoms with Crippen molar-refractivity contribution in [2.24, 2.45) is 0 Å². The highest BCUT2D eigenvalue weighted by atomic mass is 16.1. The molecular weight excluding hydrogens is 140 g/mol. The number of hydrogen-bond acceptors (Lipinski definition) is 2.